The van der Waals surface area contributed by atoms with Crippen molar-refractivity contribution in [1.29, 1.82) is 0 Å². The predicted octanol–water partition coefficient (Wildman–Crippen LogP) is 4.15. The Hall–Kier alpha value is -2.40. The van der Waals surface area contributed by atoms with E-state index >= 15 is 0 Å². The predicted molar refractivity (Wildman–Crippen MR) is 87.6 cm³/mol. The fraction of sp³-hybridized carbons (Fsp3) is 0.118. The van der Waals surface area contributed by atoms with Crippen LogP contribution in [0, 0.1) is 5.82 Å². The van der Waals surface area contributed by atoms with Crippen LogP contribution in [-0.4, -0.2) is 11.6 Å². The van der Waals surface area contributed by atoms with E-state index < -0.39 is 0 Å². The molecule has 2 N–H and O–H groups in total. The topological polar surface area (TPSA) is 48.1 Å². The van der Waals surface area contributed by atoms with Crippen molar-refractivity contribution in [3.63, 3.8) is 0 Å². The van der Waals surface area contributed by atoms with Crippen LogP contribution in [0.1, 0.15) is 5.01 Å². The average Bonchev–Trinajstić information content (AvgIpc) is 2.96. The minimum absolute atomic E-state index is 0.296. The summed E-state index contributed by atoms with van der Waals surface area (Å²) in [5.74, 6) is 0.239. The number of aromatic nitrogens is 1. The molecule has 22 heavy (non-hydrogen) atoms. The Balaban J connectivity index is 1.60. The molecule has 0 fully saturated rings. The Morgan fingerprint density at radius 1 is 1.14 bits per heavy atom. The number of halogens is 1. The van der Waals surface area contributed by atoms with Crippen LogP contribution in [0.25, 0.3) is 11.3 Å². The zero-order chi connectivity index (χ0) is 15.4. The summed E-state index contributed by atoms with van der Waals surface area (Å²) in [4.78, 5) is 4.58. The molecule has 0 amide bonds. The highest BCUT2D eigenvalue weighted by Crippen LogP contribution is 2.24. The Kier molecular flexibility index (Phi) is 4.34. The van der Waals surface area contributed by atoms with Gasteiger partial charge in [-0.25, -0.2) is 9.37 Å². The van der Waals surface area contributed by atoms with Crippen molar-refractivity contribution >= 4 is 17.0 Å². The third kappa shape index (κ3) is 3.62. The first kappa shape index (κ1) is 14.5. The number of thiazole rings is 1. The minimum Gasteiger partial charge on any atom is -0.493 e. The summed E-state index contributed by atoms with van der Waals surface area (Å²) in [6.45, 7) is 0.466. The summed E-state index contributed by atoms with van der Waals surface area (Å²) < 4.78 is 18.6. The van der Waals surface area contributed by atoms with E-state index in [1.54, 1.807) is 23.5 Å². The maximum atomic E-state index is 13.0. The van der Waals surface area contributed by atoms with Crippen molar-refractivity contribution in [2.45, 2.75) is 6.42 Å². The minimum atomic E-state index is -0.296. The maximum absolute atomic E-state index is 13.0. The number of anilines is 1. The van der Waals surface area contributed by atoms with Gasteiger partial charge in [0.05, 0.1) is 17.3 Å². The quantitative estimate of drug-likeness (QED) is 0.720. The van der Waals surface area contributed by atoms with Crippen molar-refractivity contribution in [3.8, 4) is 17.0 Å². The lowest BCUT2D eigenvalue weighted by atomic mass is 10.1. The molecule has 0 bridgehead atoms. The SMILES string of the molecule is Nc1cccc(-c2csc(CCOc3cccc(F)c3)n2)c1. The van der Waals surface area contributed by atoms with E-state index in [4.69, 9.17) is 10.5 Å². The van der Waals surface area contributed by atoms with Crippen LogP contribution in [0.5, 0.6) is 5.75 Å². The summed E-state index contributed by atoms with van der Waals surface area (Å²) in [7, 11) is 0. The molecule has 0 spiro atoms. The van der Waals surface area contributed by atoms with Gasteiger partial charge in [-0.3, -0.25) is 0 Å². The number of nitrogens with two attached hydrogens (primary N) is 1. The highest BCUT2D eigenvalue weighted by Gasteiger charge is 2.05. The molecule has 0 aliphatic carbocycles. The Morgan fingerprint density at radius 2 is 2.00 bits per heavy atom. The molecule has 3 aromatic rings. The molecule has 0 aliphatic rings. The molecule has 2 aromatic carbocycles. The van der Waals surface area contributed by atoms with Crippen molar-refractivity contribution < 1.29 is 9.13 Å². The second kappa shape index (κ2) is 6.58. The van der Waals surface area contributed by atoms with Crippen LogP contribution in [0.3, 0.4) is 0 Å². The molecule has 0 atom stereocenters. The second-order valence-electron chi connectivity index (χ2n) is 4.81. The van der Waals surface area contributed by atoms with E-state index in [0.717, 1.165) is 22.0 Å². The molecule has 0 radical (unpaired) electrons. The van der Waals surface area contributed by atoms with Crippen LogP contribution in [0.15, 0.2) is 53.9 Å². The van der Waals surface area contributed by atoms with Gasteiger partial charge in [0, 0.05) is 29.1 Å². The van der Waals surface area contributed by atoms with Crippen LogP contribution < -0.4 is 10.5 Å². The number of hydrogen-bond acceptors (Lipinski definition) is 4. The Morgan fingerprint density at radius 3 is 2.82 bits per heavy atom. The first-order valence-corrected chi connectivity index (χ1v) is 7.77. The number of rotatable bonds is 5. The number of benzene rings is 2. The zero-order valence-electron chi connectivity index (χ0n) is 11.8. The molecule has 0 aliphatic heterocycles. The molecule has 0 unspecified atom stereocenters. The van der Waals surface area contributed by atoms with E-state index in [-0.39, 0.29) is 5.82 Å². The standard InChI is InChI=1S/C17H15FN2OS/c18-13-4-2-6-15(10-13)21-8-7-17-20-16(11-22-17)12-3-1-5-14(19)9-12/h1-6,9-11H,7-8,19H2. The van der Waals surface area contributed by atoms with Gasteiger partial charge in [-0.05, 0) is 24.3 Å². The van der Waals surface area contributed by atoms with Gasteiger partial charge in [-0.2, -0.15) is 0 Å². The average molecular weight is 314 g/mol. The van der Waals surface area contributed by atoms with E-state index in [2.05, 4.69) is 4.98 Å². The van der Waals surface area contributed by atoms with Gasteiger partial charge in [0.1, 0.15) is 11.6 Å². The summed E-state index contributed by atoms with van der Waals surface area (Å²) in [5.41, 5.74) is 8.43. The first-order valence-electron chi connectivity index (χ1n) is 6.89. The van der Waals surface area contributed by atoms with E-state index in [1.807, 2.05) is 29.6 Å². The fourth-order valence-electron chi connectivity index (χ4n) is 2.07. The number of nitrogen functional groups attached to an aromatic ring is 1. The van der Waals surface area contributed by atoms with Crippen molar-refractivity contribution in [1.82, 2.24) is 4.98 Å². The van der Waals surface area contributed by atoms with Crippen molar-refractivity contribution in [3.05, 3.63) is 64.7 Å². The van der Waals surface area contributed by atoms with Gasteiger partial charge in [-0.15, -0.1) is 11.3 Å². The van der Waals surface area contributed by atoms with E-state index in [9.17, 15) is 4.39 Å². The van der Waals surface area contributed by atoms with Gasteiger partial charge in [0.2, 0.25) is 0 Å². The molecular formula is C17H15FN2OS. The normalized spacial score (nSPS) is 10.6. The first-order chi connectivity index (χ1) is 10.7. The molecule has 1 aromatic heterocycles. The molecule has 5 heteroatoms. The lowest BCUT2D eigenvalue weighted by Crippen LogP contribution is -2.01. The summed E-state index contributed by atoms with van der Waals surface area (Å²) in [6, 6.07) is 13.8. The number of hydrogen-bond donors (Lipinski definition) is 1. The monoisotopic (exact) mass is 314 g/mol. The fourth-order valence-corrected chi connectivity index (χ4v) is 2.86. The van der Waals surface area contributed by atoms with Crippen LogP contribution in [0.4, 0.5) is 10.1 Å². The van der Waals surface area contributed by atoms with Gasteiger partial charge < -0.3 is 10.5 Å². The summed E-state index contributed by atoms with van der Waals surface area (Å²) in [5, 5.41) is 2.99. The lowest BCUT2D eigenvalue weighted by Gasteiger charge is -2.04. The molecule has 1 heterocycles. The highest BCUT2D eigenvalue weighted by molar-refractivity contribution is 7.09. The Bertz CT molecular complexity index is 773. The maximum Gasteiger partial charge on any atom is 0.126 e. The summed E-state index contributed by atoms with van der Waals surface area (Å²) in [6.07, 6.45) is 0.684. The third-order valence-electron chi connectivity index (χ3n) is 3.11. The van der Waals surface area contributed by atoms with Gasteiger partial charge in [0.15, 0.2) is 0 Å². The Labute approximate surface area is 132 Å². The number of ether oxygens (including phenoxy) is 1. The molecule has 112 valence electrons. The highest BCUT2D eigenvalue weighted by atomic mass is 32.1. The zero-order valence-corrected chi connectivity index (χ0v) is 12.6. The van der Waals surface area contributed by atoms with Crippen LogP contribution in [0.2, 0.25) is 0 Å². The summed E-state index contributed by atoms with van der Waals surface area (Å²) >= 11 is 1.58. The molecule has 0 saturated carbocycles. The number of nitrogens with zero attached hydrogens (tertiary/aromatic N) is 1. The van der Waals surface area contributed by atoms with E-state index in [1.165, 1.54) is 12.1 Å². The van der Waals surface area contributed by atoms with Gasteiger partial charge in [0.25, 0.3) is 0 Å². The molecule has 3 nitrogen and oxygen atoms in total. The van der Waals surface area contributed by atoms with Gasteiger partial charge in [-0.1, -0.05) is 18.2 Å². The van der Waals surface area contributed by atoms with Crippen molar-refractivity contribution in [2.75, 3.05) is 12.3 Å². The van der Waals surface area contributed by atoms with Crippen molar-refractivity contribution in [2.24, 2.45) is 0 Å². The second-order valence-corrected chi connectivity index (χ2v) is 5.75. The molecule has 3 rings (SSSR count). The molecule has 0 saturated heterocycles. The van der Waals surface area contributed by atoms with Crippen LogP contribution >= 0.6 is 11.3 Å². The van der Waals surface area contributed by atoms with E-state index in [0.29, 0.717) is 18.8 Å². The largest absolute Gasteiger partial charge is 0.493 e. The third-order valence-corrected chi connectivity index (χ3v) is 4.02. The van der Waals surface area contributed by atoms with Gasteiger partial charge >= 0.3 is 0 Å². The lowest BCUT2D eigenvalue weighted by molar-refractivity contribution is 0.320. The smallest absolute Gasteiger partial charge is 0.126 e. The van der Waals surface area contributed by atoms with Crippen LogP contribution in [-0.2, 0) is 6.42 Å². The molecular weight excluding hydrogens is 299 g/mol.